The molecule has 1 aliphatic heterocycles. The molecule has 0 spiro atoms. The third-order valence-electron chi connectivity index (χ3n) is 5.11. The largest absolute Gasteiger partial charge is 0.423 e. The summed E-state index contributed by atoms with van der Waals surface area (Å²) in [5, 5.41) is 0. The molecule has 1 heterocycles. The van der Waals surface area contributed by atoms with Crippen molar-refractivity contribution in [3.05, 3.63) is 89.0 Å². The Morgan fingerprint density at radius 3 is 2.12 bits per heavy atom. The highest BCUT2D eigenvalue weighted by Crippen LogP contribution is 2.40. The molecule has 0 aromatic heterocycles. The zero-order valence-electron chi connectivity index (χ0n) is 14.3. The molecular formula is C23H22O2. The summed E-state index contributed by atoms with van der Waals surface area (Å²) in [6.45, 7) is 0. The Morgan fingerprint density at radius 2 is 1.44 bits per heavy atom. The minimum absolute atomic E-state index is 0.0224. The molecule has 0 bridgehead atoms. The topological polar surface area (TPSA) is 26.3 Å². The van der Waals surface area contributed by atoms with E-state index in [4.69, 9.17) is 4.74 Å². The number of benzene rings is 2. The first-order chi connectivity index (χ1) is 12.3. The van der Waals surface area contributed by atoms with Crippen molar-refractivity contribution < 1.29 is 9.53 Å². The summed E-state index contributed by atoms with van der Waals surface area (Å²) < 4.78 is 5.75. The second-order valence-corrected chi connectivity index (χ2v) is 6.75. The first-order valence-electron chi connectivity index (χ1n) is 9.09. The van der Waals surface area contributed by atoms with Crippen LogP contribution < -0.4 is 0 Å². The lowest BCUT2D eigenvalue weighted by Gasteiger charge is -2.28. The van der Waals surface area contributed by atoms with Gasteiger partial charge in [0, 0.05) is 17.1 Å². The third-order valence-corrected chi connectivity index (χ3v) is 5.11. The SMILES string of the molecule is O=C1OC(c2ccccc2)=CC(c2ccccc2)C1=C1CCCCC1. The minimum Gasteiger partial charge on any atom is -0.423 e. The van der Waals surface area contributed by atoms with Crippen molar-refractivity contribution in [1.82, 2.24) is 0 Å². The zero-order valence-corrected chi connectivity index (χ0v) is 14.3. The van der Waals surface area contributed by atoms with Gasteiger partial charge >= 0.3 is 5.97 Å². The Balaban J connectivity index is 1.83. The van der Waals surface area contributed by atoms with Gasteiger partial charge in [-0.15, -0.1) is 0 Å². The molecule has 25 heavy (non-hydrogen) atoms. The van der Waals surface area contributed by atoms with E-state index in [1.54, 1.807) is 0 Å². The van der Waals surface area contributed by atoms with Crippen LogP contribution in [0.1, 0.15) is 49.1 Å². The second kappa shape index (κ2) is 7.10. The van der Waals surface area contributed by atoms with Crippen molar-refractivity contribution >= 4 is 11.7 Å². The molecule has 0 N–H and O–H groups in total. The number of carbonyl (C=O) groups is 1. The van der Waals surface area contributed by atoms with Crippen LogP contribution in [0.5, 0.6) is 0 Å². The molecule has 2 heteroatoms. The predicted octanol–water partition coefficient (Wildman–Crippen LogP) is 5.63. The monoisotopic (exact) mass is 330 g/mol. The lowest BCUT2D eigenvalue weighted by Crippen LogP contribution is -2.21. The highest BCUT2D eigenvalue weighted by molar-refractivity contribution is 5.97. The second-order valence-electron chi connectivity index (χ2n) is 6.75. The van der Waals surface area contributed by atoms with Crippen LogP contribution in [0.2, 0.25) is 0 Å². The number of carbonyl (C=O) groups excluding carboxylic acids is 1. The van der Waals surface area contributed by atoms with E-state index >= 15 is 0 Å². The lowest BCUT2D eigenvalue weighted by molar-refractivity contribution is -0.133. The smallest absolute Gasteiger partial charge is 0.340 e. The van der Waals surface area contributed by atoms with Crippen molar-refractivity contribution in [2.24, 2.45) is 0 Å². The summed E-state index contributed by atoms with van der Waals surface area (Å²) in [5.41, 5.74) is 4.25. The van der Waals surface area contributed by atoms with E-state index in [1.165, 1.54) is 24.8 Å². The van der Waals surface area contributed by atoms with Crippen molar-refractivity contribution in [2.45, 2.75) is 38.0 Å². The Kier molecular flexibility index (Phi) is 4.51. The molecule has 2 nitrogen and oxygen atoms in total. The Bertz CT molecular complexity index is 808. The number of esters is 1. The van der Waals surface area contributed by atoms with Gasteiger partial charge in [0.05, 0.1) is 0 Å². The maximum atomic E-state index is 12.9. The van der Waals surface area contributed by atoms with E-state index < -0.39 is 0 Å². The van der Waals surface area contributed by atoms with Gasteiger partial charge in [-0.2, -0.15) is 0 Å². The van der Waals surface area contributed by atoms with Crippen LogP contribution in [-0.2, 0) is 9.53 Å². The number of hydrogen-bond acceptors (Lipinski definition) is 2. The summed E-state index contributed by atoms with van der Waals surface area (Å²) in [5.74, 6) is 0.470. The number of rotatable bonds is 2. The first-order valence-corrected chi connectivity index (χ1v) is 9.09. The fourth-order valence-electron chi connectivity index (χ4n) is 3.84. The molecular weight excluding hydrogens is 308 g/mol. The average Bonchev–Trinajstić information content (AvgIpc) is 2.69. The van der Waals surface area contributed by atoms with Crippen LogP contribution in [0.3, 0.4) is 0 Å². The summed E-state index contributed by atoms with van der Waals surface area (Å²) in [6.07, 6.45) is 7.74. The van der Waals surface area contributed by atoms with Crippen molar-refractivity contribution in [3.8, 4) is 0 Å². The highest BCUT2D eigenvalue weighted by atomic mass is 16.5. The van der Waals surface area contributed by atoms with Crippen LogP contribution in [0.25, 0.3) is 5.76 Å². The normalized spacial score (nSPS) is 20.9. The highest BCUT2D eigenvalue weighted by Gasteiger charge is 2.32. The quantitative estimate of drug-likeness (QED) is 0.527. The minimum atomic E-state index is -0.174. The number of hydrogen-bond donors (Lipinski definition) is 0. The summed E-state index contributed by atoms with van der Waals surface area (Å²) >= 11 is 0. The molecule has 1 atom stereocenters. The van der Waals surface area contributed by atoms with Crippen molar-refractivity contribution in [2.75, 3.05) is 0 Å². The van der Waals surface area contributed by atoms with Gasteiger partial charge < -0.3 is 4.74 Å². The standard InChI is InChI=1S/C23H22O2/c24-23-22(19-14-8-3-9-15-19)20(17-10-4-1-5-11-17)16-21(25-23)18-12-6-2-7-13-18/h1-2,4-7,10-13,16,20H,3,8-9,14-15H2. The van der Waals surface area contributed by atoms with Crippen LogP contribution in [-0.4, -0.2) is 5.97 Å². The molecule has 2 aromatic carbocycles. The Hall–Kier alpha value is -2.61. The van der Waals surface area contributed by atoms with Crippen LogP contribution in [0.15, 0.2) is 77.9 Å². The number of cyclic esters (lactones) is 1. The van der Waals surface area contributed by atoms with E-state index in [0.717, 1.165) is 29.5 Å². The zero-order chi connectivity index (χ0) is 17.1. The lowest BCUT2D eigenvalue weighted by atomic mass is 9.81. The van der Waals surface area contributed by atoms with E-state index in [2.05, 4.69) is 18.2 Å². The molecule has 1 unspecified atom stereocenters. The van der Waals surface area contributed by atoms with Crippen molar-refractivity contribution in [1.29, 1.82) is 0 Å². The van der Waals surface area contributed by atoms with E-state index in [1.807, 2.05) is 48.5 Å². The molecule has 4 rings (SSSR count). The van der Waals surface area contributed by atoms with Gasteiger partial charge in [-0.05, 0) is 37.3 Å². The fourth-order valence-corrected chi connectivity index (χ4v) is 3.84. The first kappa shape index (κ1) is 15.9. The van der Waals surface area contributed by atoms with Gasteiger partial charge in [0.25, 0.3) is 0 Å². The fraction of sp³-hybridized carbons (Fsp3) is 0.261. The van der Waals surface area contributed by atoms with E-state index in [-0.39, 0.29) is 11.9 Å². The maximum absolute atomic E-state index is 12.9. The molecule has 1 aliphatic carbocycles. The third kappa shape index (κ3) is 3.30. The summed E-state index contributed by atoms with van der Waals surface area (Å²) in [6, 6.07) is 20.2. The van der Waals surface area contributed by atoms with Crippen LogP contribution >= 0.6 is 0 Å². The van der Waals surface area contributed by atoms with Gasteiger partial charge in [0.15, 0.2) is 0 Å². The van der Waals surface area contributed by atoms with Crippen molar-refractivity contribution in [3.63, 3.8) is 0 Å². The molecule has 1 fully saturated rings. The van der Waals surface area contributed by atoms with Gasteiger partial charge in [-0.3, -0.25) is 0 Å². The van der Waals surface area contributed by atoms with Gasteiger partial charge in [0.2, 0.25) is 0 Å². The van der Waals surface area contributed by atoms with Gasteiger partial charge in [-0.1, -0.05) is 72.7 Å². The predicted molar refractivity (Wildman–Crippen MR) is 99.8 cm³/mol. The molecule has 1 saturated carbocycles. The maximum Gasteiger partial charge on any atom is 0.340 e. The summed E-state index contributed by atoms with van der Waals surface area (Å²) in [7, 11) is 0. The molecule has 0 saturated heterocycles. The average molecular weight is 330 g/mol. The van der Waals surface area contributed by atoms with Crippen LogP contribution in [0, 0.1) is 0 Å². The number of allylic oxidation sites excluding steroid dienone is 2. The molecule has 126 valence electrons. The molecule has 2 aromatic rings. The van der Waals surface area contributed by atoms with Gasteiger partial charge in [0.1, 0.15) is 5.76 Å². The van der Waals surface area contributed by atoms with Gasteiger partial charge in [-0.25, -0.2) is 4.79 Å². The Labute approximate surface area is 148 Å². The molecule has 2 aliphatic rings. The number of ether oxygens (including phenoxy) is 1. The Morgan fingerprint density at radius 1 is 0.800 bits per heavy atom. The molecule has 0 amide bonds. The van der Waals surface area contributed by atoms with Crippen LogP contribution in [0.4, 0.5) is 0 Å². The van der Waals surface area contributed by atoms with E-state index in [9.17, 15) is 4.79 Å². The molecule has 0 radical (unpaired) electrons. The van der Waals surface area contributed by atoms with E-state index in [0.29, 0.717) is 5.76 Å². The summed E-state index contributed by atoms with van der Waals surface area (Å²) in [4.78, 5) is 12.9.